The lowest BCUT2D eigenvalue weighted by Crippen LogP contribution is -2.57. The average molecular weight is 293 g/mol. The van der Waals surface area contributed by atoms with Crippen molar-refractivity contribution in [1.82, 2.24) is 15.2 Å². The number of rotatable bonds is 7. The van der Waals surface area contributed by atoms with Gasteiger partial charge >= 0.3 is 12.0 Å². The van der Waals surface area contributed by atoms with Gasteiger partial charge in [0.15, 0.2) is 0 Å². The fourth-order valence-corrected chi connectivity index (χ4v) is 2.10. The van der Waals surface area contributed by atoms with E-state index in [1.807, 2.05) is 19.1 Å². The van der Waals surface area contributed by atoms with Crippen LogP contribution in [0.15, 0.2) is 24.5 Å². The third-order valence-corrected chi connectivity index (χ3v) is 3.75. The standard InChI is InChI=1S/C15H23N3O3/c1-4-15(5-2,13(19)20)17-14(21)18(6-3)11-12-7-9-16-10-8-12/h7-10H,4-6,11H2,1-3H3,(H,17,21)(H,19,20). The number of aliphatic carboxylic acids is 1. The van der Waals surface area contributed by atoms with E-state index in [-0.39, 0.29) is 6.03 Å². The second-order valence-electron chi connectivity index (χ2n) is 4.89. The number of carbonyl (C=O) groups excluding carboxylic acids is 1. The highest BCUT2D eigenvalue weighted by Crippen LogP contribution is 2.16. The van der Waals surface area contributed by atoms with Crippen molar-refractivity contribution in [1.29, 1.82) is 0 Å². The zero-order valence-corrected chi connectivity index (χ0v) is 12.8. The molecule has 6 nitrogen and oxygen atoms in total. The molecule has 21 heavy (non-hydrogen) atoms. The van der Waals surface area contributed by atoms with E-state index < -0.39 is 11.5 Å². The largest absolute Gasteiger partial charge is 0.480 e. The number of amides is 2. The van der Waals surface area contributed by atoms with Crippen LogP contribution in [-0.4, -0.2) is 39.1 Å². The molecule has 2 N–H and O–H groups in total. The summed E-state index contributed by atoms with van der Waals surface area (Å²) in [6.07, 6.45) is 4.02. The monoisotopic (exact) mass is 293 g/mol. The number of nitrogens with one attached hydrogen (secondary N) is 1. The Morgan fingerprint density at radius 3 is 2.24 bits per heavy atom. The Hall–Kier alpha value is -2.11. The number of hydrogen-bond acceptors (Lipinski definition) is 3. The predicted molar refractivity (Wildman–Crippen MR) is 79.8 cm³/mol. The van der Waals surface area contributed by atoms with Crippen LogP contribution >= 0.6 is 0 Å². The van der Waals surface area contributed by atoms with Crippen molar-refractivity contribution in [3.8, 4) is 0 Å². The second kappa shape index (κ2) is 7.61. The Bertz CT molecular complexity index is 472. The Labute approximate surface area is 125 Å². The number of aromatic nitrogens is 1. The maximum Gasteiger partial charge on any atom is 0.329 e. The Kier molecular flexibility index (Phi) is 6.14. The van der Waals surface area contributed by atoms with Gasteiger partial charge in [-0.2, -0.15) is 0 Å². The van der Waals surface area contributed by atoms with E-state index in [0.717, 1.165) is 5.56 Å². The lowest BCUT2D eigenvalue weighted by Gasteiger charge is -2.31. The molecule has 6 heteroatoms. The molecule has 0 saturated carbocycles. The van der Waals surface area contributed by atoms with Crippen LogP contribution in [-0.2, 0) is 11.3 Å². The van der Waals surface area contributed by atoms with E-state index in [9.17, 15) is 14.7 Å². The molecular weight excluding hydrogens is 270 g/mol. The minimum absolute atomic E-state index is 0.345. The molecule has 0 bridgehead atoms. The molecule has 0 aliphatic heterocycles. The molecular formula is C15H23N3O3. The molecule has 0 unspecified atom stereocenters. The van der Waals surface area contributed by atoms with Crippen molar-refractivity contribution in [3.05, 3.63) is 30.1 Å². The molecule has 116 valence electrons. The molecule has 1 heterocycles. The molecule has 0 fully saturated rings. The molecule has 0 aromatic carbocycles. The van der Waals surface area contributed by atoms with Crippen molar-refractivity contribution < 1.29 is 14.7 Å². The van der Waals surface area contributed by atoms with Crippen LogP contribution in [0.25, 0.3) is 0 Å². The number of nitrogens with zero attached hydrogens (tertiary/aromatic N) is 2. The van der Waals surface area contributed by atoms with E-state index >= 15 is 0 Å². The highest BCUT2D eigenvalue weighted by Gasteiger charge is 2.37. The van der Waals surface area contributed by atoms with Gasteiger partial charge < -0.3 is 15.3 Å². The maximum absolute atomic E-state index is 12.4. The van der Waals surface area contributed by atoms with Crippen LogP contribution in [0.3, 0.4) is 0 Å². The highest BCUT2D eigenvalue weighted by atomic mass is 16.4. The van der Waals surface area contributed by atoms with Gasteiger partial charge in [0, 0.05) is 25.5 Å². The van der Waals surface area contributed by atoms with E-state index in [4.69, 9.17) is 0 Å². The van der Waals surface area contributed by atoms with Crippen LogP contribution in [0.1, 0.15) is 39.2 Å². The van der Waals surface area contributed by atoms with E-state index in [0.29, 0.717) is 25.9 Å². The van der Waals surface area contributed by atoms with Gasteiger partial charge in [0.1, 0.15) is 5.54 Å². The highest BCUT2D eigenvalue weighted by molar-refractivity contribution is 5.86. The molecule has 1 rings (SSSR count). The van der Waals surface area contributed by atoms with E-state index in [2.05, 4.69) is 10.3 Å². The minimum Gasteiger partial charge on any atom is -0.480 e. The van der Waals surface area contributed by atoms with Crippen molar-refractivity contribution >= 4 is 12.0 Å². The first-order chi connectivity index (χ1) is 9.99. The van der Waals surface area contributed by atoms with Crippen molar-refractivity contribution in [3.63, 3.8) is 0 Å². The summed E-state index contributed by atoms with van der Waals surface area (Å²) in [6, 6.07) is 3.31. The first-order valence-electron chi connectivity index (χ1n) is 7.18. The summed E-state index contributed by atoms with van der Waals surface area (Å²) in [4.78, 5) is 29.3. The molecule has 0 saturated heterocycles. The Morgan fingerprint density at radius 2 is 1.81 bits per heavy atom. The number of urea groups is 1. The van der Waals surface area contributed by atoms with Crippen molar-refractivity contribution in [2.24, 2.45) is 0 Å². The van der Waals surface area contributed by atoms with Crippen molar-refractivity contribution in [2.75, 3.05) is 6.54 Å². The molecule has 2 amide bonds. The van der Waals surface area contributed by atoms with E-state index in [1.165, 1.54) is 0 Å². The summed E-state index contributed by atoms with van der Waals surface area (Å²) in [5, 5.41) is 12.0. The SMILES string of the molecule is CCN(Cc1ccncc1)C(=O)NC(CC)(CC)C(=O)O. The normalized spacial score (nSPS) is 11.0. The molecule has 0 aliphatic rings. The van der Waals surface area contributed by atoms with Crippen LogP contribution in [0, 0.1) is 0 Å². The summed E-state index contributed by atoms with van der Waals surface area (Å²) < 4.78 is 0. The third kappa shape index (κ3) is 4.18. The van der Waals surface area contributed by atoms with Crippen LogP contribution in [0.5, 0.6) is 0 Å². The summed E-state index contributed by atoms with van der Waals surface area (Å²) in [5.41, 5.74) is -0.251. The molecule has 0 radical (unpaired) electrons. The zero-order valence-electron chi connectivity index (χ0n) is 12.8. The number of carbonyl (C=O) groups is 2. The molecule has 0 atom stereocenters. The smallest absolute Gasteiger partial charge is 0.329 e. The molecule has 1 aromatic heterocycles. The van der Waals surface area contributed by atoms with Gasteiger partial charge in [-0.15, -0.1) is 0 Å². The van der Waals surface area contributed by atoms with Gasteiger partial charge in [-0.25, -0.2) is 9.59 Å². The topological polar surface area (TPSA) is 82.5 Å². The number of carboxylic acid groups (broad SMARTS) is 1. The third-order valence-electron chi connectivity index (χ3n) is 3.75. The minimum atomic E-state index is -1.21. The van der Waals surface area contributed by atoms with Crippen LogP contribution in [0.4, 0.5) is 4.79 Å². The van der Waals surface area contributed by atoms with Gasteiger partial charge in [0.2, 0.25) is 0 Å². The first-order valence-corrected chi connectivity index (χ1v) is 7.18. The first kappa shape index (κ1) is 16.9. The maximum atomic E-state index is 12.4. The fraction of sp³-hybridized carbons (Fsp3) is 0.533. The van der Waals surface area contributed by atoms with Crippen LogP contribution in [0.2, 0.25) is 0 Å². The quantitative estimate of drug-likeness (QED) is 0.807. The van der Waals surface area contributed by atoms with Gasteiger partial charge in [-0.1, -0.05) is 13.8 Å². The number of pyridine rings is 1. The van der Waals surface area contributed by atoms with E-state index in [1.54, 1.807) is 31.1 Å². The lowest BCUT2D eigenvalue weighted by atomic mass is 9.93. The number of carboxylic acids is 1. The summed E-state index contributed by atoms with van der Waals surface area (Å²) in [7, 11) is 0. The second-order valence-corrected chi connectivity index (χ2v) is 4.89. The van der Waals surface area contributed by atoms with Crippen molar-refractivity contribution in [2.45, 2.75) is 45.7 Å². The Balaban J connectivity index is 2.81. The summed E-state index contributed by atoms with van der Waals surface area (Å²) in [5.74, 6) is -0.999. The average Bonchev–Trinajstić information content (AvgIpc) is 2.50. The number of hydrogen-bond donors (Lipinski definition) is 2. The fourth-order valence-electron chi connectivity index (χ4n) is 2.10. The summed E-state index contributed by atoms with van der Waals surface area (Å²) >= 11 is 0. The lowest BCUT2D eigenvalue weighted by molar-refractivity contribution is -0.144. The summed E-state index contributed by atoms with van der Waals surface area (Å²) in [6.45, 7) is 6.31. The molecule has 0 spiro atoms. The van der Waals surface area contributed by atoms with Gasteiger partial charge in [0.05, 0.1) is 0 Å². The molecule has 0 aliphatic carbocycles. The predicted octanol–water partition coefficient (Wildman–Crippen LogP) is 2.26. The molecule has 1 aromatic rings. The zero-order chi connectivity index (χ0) is 15.9. The van der Waals surface area contributed by atoms with Gasteiger partial charge in [0.25, 0.3) is 0 Å². The van der Waals surface area contributed by atoms with Gasteiger partial charge in [-0.3, -0.25) is 4.98 Å². The van der Waals surface area contributed by atoms with Gasteiger partial charge in [-0.05, 0) is 37.5 Å². The van der Waals surface area contributed by atoms with Crippen LogP contribution < -0.4 is 5.32 Å². The Morgan fingerprint density at radius 1 is 1.24 bits per heavy atom.